The monoisotopic (exact) mass is 126 g/mol. The first-order valence-corrected chi connectivity index (χ1v) is 1.89. The van der Waals surface area contributed by atoms with Crippen LogP contribution in [0.5, 0.6) is 0 Å². The Balaban J connectivity index is 0. The average molecular weight is 127 g/mol. The van der Waals surface area contributed by atoms with Crippen molar-refractivity contribution < 1.29 is 10.1 Å². The Bertz CT molecular complexity index is 39.4. The van der Waals surface area contributed by atoms with Crippen molar-refractivity contribution in [1.82, 2.24) is 0 Å². The molecule has 0 spiro atoms. The van der Waals surface area contributed by atoms with E-state index >= 15 is 0 Å². The van der Waals surface area contributed by atoms with Crippen LogP contribution in [0.4, 0.5) is 0 Å². The van der Waals surface area contributed by atoms with Gasteiger partial charge >= 0.3 is 0 Å². The van der Waals surface area contributed by atoms with Crippen molar-refractivity contribution in [2.75, 3.05) is 0 Å². The molecule has 46 valence electrons. The van der Waals surface area contributed by atoms with E-state index in [1.165, 1.54) is 0 Å². The van der Waals surface area contributed by atoms with Crippen LogP contribution >= 0.6 is 12.4 Å². The highest BCUT2D eigenvalue weighted by atomic mass is 35.5. The molecule has 2 nitrogen and oxygen atoms in total. The molecule has 7 heavy (non-hydrogen) atoms. The zero-order valence-corrected chi connectivity index (χ0v) is 5.58. The molecule has 1 N–H and O–H groups in total. The van der Waals surface area contributed by atoms with Gasteiger partial charge in [-0.05, 0) is 20.8 Å². The fourth-order valence-corrected chi connectivity index (χ4v) is 0. The Morgan fingerprint density at radius 3 is 1.43 bits per heavy atom. The number of hydrogen-bond acceptors (Lipinski definition) is 2. The first kappa shape index (κ1) is 10.2. The van der Waals surface area contributed by atoms with Gasteiger partial charge in [-0.2, -0.15) is 0 Å². The molecule has 0 unspecified atom stereocenters. The molecule has 0 saturated carbocycles. The Morgan fingerprint density at radius 2 is 1.43 bits per heavy atom. The highest BCUT2D eigenvalue weighted by molar-refractivity contribution is 5.85. The quantitative estimate of drug-likeness (QED) is 0.396. The second-order valence-electron chi connectivity index (χ2n) is 2.20. The Morgan fingerprint density at radius 1 is 1.29 bits per heavy atom. The summed E-state index contributed by atoms with van der Waals surface area (Å²) in [6.45, 7) is 5.31. The standard InChI is InChI=1S/C4H10O2.ClH/c1-4(2,3)6-5;/h5H,1-3H3;1H. The summed E-state index contributed by atoms with van der Waals surface area (Å²) in [5.74, 6) is 0. The van der Waals surface area contributed by atoms with Crippen LogP contribution in [0.3, 0.4) is 0 Å². The zero-order valence-electron chi connectivity index (χ0n) is 4.76. The number of hydrogen-bond donors (Lipinski definition) is 1. The lowest BCUT2D eigenvalue weighted by Crippen LogP contribution is -2.15. The van der Waals surface area contributed by atoms with Gasteiger partial charge in [0.15, 0.2) is 0 Å². The van der Waals surface area contributed by atoms with E-state index in [1.54, 1.807) is 20.8 Å². The Hall–Kier alpha value is 0.210. The second-order valence-corrected chi connectivity index (χ2v) is 2.20. The van der Waals surface area contributed by atoms with E-state index in [9.17, 15) is 0 Å². The van der Waals surface area contributed by atoms with Gasteiger partial charge in [-0.3, -0.25) is 5.26 Å². The van der Waals surface area contributed by atoms with Gasteiger partial charge in [-0.25, -0.2) is 4.89 Å². The van der Waals surface area contributed by atoms with Gasteiger partial charge < -0.3 is 0 Å². The lowest BCUT2D eigenvalue weighted by Gasteiger charge is -2.10. The van der Waals surface area contributed by atoms with Crippen molar-refractivity contribution >= 4 is 12.4 Å². The van der Waals surface area contributed by atoms with Gasteiger partial charge in [0.25, 0.3) is 0 Å². The maximum Gasteiger partial charge on any atom is 0.0949 e. The molecule has 0 radical (unpaired) electrons. The van der Waals surface area contributed by atoms with Crippen LogP contribution in [0, 0.1) is 0 Å². The molecule has 0 atom stereocenters. The van der Waals surface area contributed by atoms with Gasteiger partial charge in [0.05, 0.1) is 5.60 Å². The van der Waals surface area contributed by atoms with E-state index in [1.807, 2.05) is 0 Å². The maximum absolute atomic E-state index is 7.90. The second kappa shape index (κ2) is 3.24. The van der Waals surface area contributed by atoms with Gasteiger partial charge in [0, 0.05) is 0 Å². The molecule has 0 rings (SSSR count). The average Bonchev–Trinajstić information content (AvgIpc) is 1.35. The molecule has 3 heteroatoms. The summed E-state index contributed by atoms with van der Waals surface area (Å²) in [7, 11) is 0. The van der Waals surface area contributed by atoms with Crippen LogP contribution in [-0.4, -0.2) is 10.9 Å². The number of halogens is 1. The summed E-state index contributed by atoms with van der Waals surface area (Å²) in [6.07, 6.45) is 0. The van der Waals surface area contributed by atoms with E-state index in [-0.39, 0.29) is 12.4 Å². The van der Waals surface area contributed by atoms with E-state index < -0.39 is 5.60 Å². The third-order valence-electron chi connectivity index (χ3n) is 0.274. The first-order chi connectivity index (χ1) is 2.56. The molecule has 0 fully saturated rings. The largest absolute Gasteiger partial charge is 0.251 e. The SMILES string of the molecule is CC(C)(C)OO.Cl. The van der Waals surface area contributed by atoms with Crippen LogP contribution < -0.4 is 0 Å². The van der Waals surface area contributed by atoms with Crippen LogP contribution in [0.15, 0.2) is 0 Å². The fourth-order valence-electron chi connectivity index (χ4n) is 0. The van der Waals surface area contributed by atoms with E-state index in [4.69, 9.17) is 5.26 Å². The van der Waals surface area contributed by atoms with Crippen molar-refractivity contribution in [2.24, 2.45) is 0 Å². The molecule has 0 aliphatic carbocycles. The minimum atomic E-state index is -0.403. The summed E-state index contributed by atoms with van der Waals surface area (Å²) in [5, 5.41) is 7.90. The molecule has 0 aliphatic heterocycles. The van der Waals surface area contributed by atoms with Crippen LogP contribution in [0.25, 0.3) is 0 Å². The fraction of sp³-hybridized carbons (Fsp3) is 1.00. The maximum atomic E-state index is 7.90. The van der Waals surface area contributed by atoms with Crippen LogP contribution in [0.2, 0.25) is 0 Å². The summed E-state index contributed by atoms with van der Waals surface area (Å²) in [6, 6.07) is 0. The molecule has 0 bridgehead atoms. The molecule has 0 aromatic carbocycles. The predicted molar refractivity (Wildman–Crippen MR) is 30.7 cm³/mol. The minimum Gasteiger partial charge on any atom is -0.251 e. The smallest absolute Gasteiger partial charge is 0.0949 e. The molecule has 0 aromatic rings. The van der Waals surface area contributed by atoms with Crippen LogP contribution in [0.1, 0.15) is 20.8 Å². The molecular formula is C4H11ClO2. The van der Waals surface area contributed by atoms with Gasteiger partial charge in [0.2, 0.25) is 0 Å². The Kier molecular flexibility index (Phi) is 4.75. The summed E-state index contributed by atoms with van der Waals surface area (Å²) < 4.78 is 0. The lowest BCUT2D eigenvalue weighted by molar-refractivity contribution is -0.306. The lowest BCUT2D eigenvalue weighted by atomic mass is 10.2. The molecule has 0 saturated heterocycles. The van der Waals surface area contributed by atoms with E-state index in [0.29, 0.717) is 0 Å². The van der Waals surface area contributed by atoms with Gasteiger partial charge in [-0.15, -0.1) is 12.4 Å². The summed E-state index contributed by atoms with van der Waals surface area (Å²) in [5.41, 5.74) is -0.403. The molecule has 0 aromatic heterocycles. The third kappa shape index (κ3) is 10.7. The van der Waals surface area contributed by atoms with Crippen molar-refractivity contribution in [1.29, 1.82) is 0 Å². The molecular weight excluding hydrogens is 115 g/mol. The van der Waals surface area contributed by atoms with Crippen molar-refractivity contribution in [3.63, 3.8) is 0 Å². The van der Waals surface area contributed by atoms with E-state index in [2.05, 4.69) is 4.89 Å². The summed E-state index contributed by atoms with van der Waals surface area (Å²) >= 11 is 0. The molecule has 0 amide bonds. The normalized spacial score (nSPS) is 10.3. The first-order valence-electron chi connectivity index (χ1n) is 1.89. The highest BCUT2D eigenvalue weighted by Gasteiger charge is 2.06. The number of rotatable bonds is 0. The van der Waals surface area contributed by atoms with Gasteiger partial charge in [-0.1, -0.05) is 0 Å². The minimum absolute atomic E-state index is 0. The summed E-state index contributed by atoms with van der Waals surface area (Å²) in [4.78, 5) is 3.94. The van der Waals surface area contributed by atoms with Crippen molar-refractivity contribution in [3.05, 3.63) is 0 Å². The Labute approximate surface area is 49.8 Å². The van der Waals surface area contributed by atoms with Gasteiger partial charge in [0.1, 0.15) is 0 Å². The topological polar surface area (TPSA) is 29.5 Å². The molecule has 0 heterocycles. The van der Waals surface area contributed by atoms with Crippen molar-refractivity contribution in [2.45, 2.75) is 26.4 Å². The third-order valence-corrected chi connectivity index (χ3v) is 0.274. The predicted octanol–water partition coefficient (Wildman–Crippen LogP) is 1.70. The van der Waals surface area contributed by atoms with E-state index in [0.717, 1.165) is 0 Å². The van der Waals surface area contributed by atoms with Crippen LogP contribution in [-0.2, 0) is 4.89 Å². The molecule has 0 aliphatic rings. The van der Waals surface area contributed by atoms with Crippen molar-refractivity contribution in [3.8, 4) is 0 Å². The zero-order chi connectivity index (χ0) is 5.21. The highest BCUT2D eigenvalue weighted by Crippen LogP contribution is 2.01.